The Kier molecular flexibility index (Phi) is 4.38. The summed E-state index contributed by atoms with van der Waals surface area (Å²) in [5.74, 6) is -0.664. The van der Waals surface area contributed by atoms with Crippen LogP contribution in [0.2, 0.25) is 0 Å². The second-order valence-electron chi connectivity index (χ2n) is 5.81. The average molecular weight is 271 g/mol. The summed E-state index contributed by atoms with van der Waals surface area (Å²) in [7, 11) is 0. The number of rotatable bonds is 5. The third-order valence-corrected chi connectivity index (χ3v) is 3.50. The summed E-state index contributed by atoms with van der Waals surface area (Å²) in [6.07, 6.45) is 1.27. The van der Waals surface area contributed by atoms with Gasteiger partial charge in [-0.25, -0.2) is 0 Å². The molecule has 20 heavy (non-hydrogen) atoms. The van der Waals surface area contributed by atoms with Crippen molar-refractivity contribution in [1.29, 1.82) is 0 Å². The van der Waals surface area contributed by atoms with E-state index < -0.39 is 5.97 Å². The summed E-state index contributed by atoms with van der Waals surface area (Å²) in [5.41, 5.74) is 2.96. The van der Waals surface area contributed by atoms with Gasteiger partial charge in [0.25, 0.3) is 0 Å². The van der Waals surface area contributed by atoms with Crippen LogP contribution in [0.1, 0.15) is 31.5 Å². The summed E-state index contributed by atoms with van der Waals surface area (Å²) in [6.45, 7) is 6.08. The average Bonchev–Trinajstić information content (AvgIpc) is 2.37. The largest absolute Gasteiger partial charge is 0.481 e. The fourth-order valence-electron chi connectivity index (χ4n) is 2.67. The minimum Gasteiger partial charge on any atom is -0.481 e. The zero-order chi connectivity index (χ0) is 14.7. The molecule has 3 heteroatoms. The lowest BCUT2D eigenvalue weighted by Crippen LogP contribution is -2.19. The fraction of sp³-hybridized carbons (Fsp3) is 0.412. The molecule has 3 nitrogen and oxygen atoms in total. The Morgan fingerprint density at radius 1 is 1.30 bits per heavy atom. The molecule has 0 aliphatic rings. The summed E-state index contributed by atoms with van der Waals surface area (Å²) >= 11 is 0. The number of aryl methyl sites for hydroxylation is 1. The molecule has 0 saturated heterocycles. The summed E-state index contributed by atoms with van der Waals surface area (Å²) in [5, 5.41) is 10.5. The quantitative estimate of drug-likeness (QED) is 0.899. The first-order valence-corrected chi connectivity index (χ1v) is 7.05. The number of pyridine rings is 1. The van der Waals surface area contributed by atoms with E-state index in [0.29, 0.717) is 18.8 Å². The Labute approximate surface area is 119 Å². The summed E-state index contributed by atoms with van der Waals surface area (Å²) < 4.78 is 0. The van der Waals surface area contributed by atoms with Crippen molar-refractivity contribution in [2.24, 2.45) is 11.8 Å². The topological polar surface area (TPSA) is 50.2 Å². The molecule has 106 valence electrons. The van der Waals surface area contributed by atoms with Crippen LogP contribution >= 0.6 is 0 Å². The Hall–Kier alpha value is -1.90. The highest BCUT2D eigenvalue weighted by atomic mass is 16.4. The van der Waals surface area contributed by atoms with Crippen LogP contribution in [0.5, 0.6) is 0 Å². The summed E-state index contributed by atoms with van der Waals surface area (Å²) in [4.78, 5) is 15.9. The second kappa shape index (κ2) is 6.04. The minimum absolute atomic E-state index is 0.333. The van der Waals surface area contributed by atoms with Crippen molar-refractivity contribution in [3.63, 3.8) is 0 Å². The molecule has 0 aliphatic heterocycles. The Morgan fingerprint density at radius 3 is 2.65 bits per heavy atom. The number of aromatic nitrogens is 1. The third kappa shape index (κ3) is 3.35. The molecule has 2 aromatic rings. The van der Waals surface area contributed by atoms with Crippen molar-refractivity contribution in [3.05, 3.63) is 41.6 Å². The molecule has 1 heterocycles. The monoisotopic (exact) mass is 271 g/mol. The first-order valence-electron chi connectivity index (χ1n) is 7.05. The van der Waals surface area contributed by atoms with E-state index in [1.165, 1.54) is 0 Å². The Balaban J connectivity index is 2.38. The first-order chi connectivity index (χ1) is 9.47. The smallest absolute Gasteiger partial charge is 0.306 e. The van der Waals surface area contributed by atoms with E-state index in [4.69, 9.17) is 0 Å². The number of nitrogens with zero attached hydrogens (tertiary/aromatic N) is 1. The number of carboxylic acid groups (broad SMARTS) is 1. The molecule has 1 unspecified atom stereocenters. The molecule has 0 spiro atoms. The maximum absolute atomic E-state index is 11.4. The first kappa shape index (κ1) is 14.5. The van der Waals surface area contributed by atoms with Gasteiger partial charge < -0.3 is 5.11 Å². The van der Waals surface area contributed by atoms with Gasteiger partial charge in [-0.15, -0.1) is 0 Å². The molecule has 0 fully saturated rings. The predicted molar refractivity (Wildman–Crippen MR) is 80.8 cm³/mol. The van der Waals surface area contributed by atoms with Gasteiger partial charge in [-0.05, 0) is 43.4 Å². The van der Waals surface area contributed by atoms with Crippen molar-refractivity contribution < 1.29 is 9.90 Å². The van der Waals surface area contributed by atoms with Gasteiger partial charge in [0, 0.05) is 11.1 Å². The molecule has 1 aromatic heterocycles. The standard InChI is InChI=1S/C17H21NO2/c1-11(2)8-14(17(19)20)10-13-9-12(3)18-16-7-5-4-6-15(13)16/h4-7,9,11,14H,8,10H2,1-3H3,(H,19,20). The zero-order valence-corrected chi connectivity index (χ0v) is 12.3. The number of para-hydroxylation sites is 1. The number of aliphatic carboxylic acids is 1. The minimum atomic E-state index is -0.711. The SMILES string of the molecule is Cc1cc(CC(CC(C)C)C(=O)O)c2ccccc2n1. The number of hydrogen-bond donors (Lipinski definition) is 1. The van der Waals surface area contributed by atoms with Crippen LogP contribution in [0.4, 0.5) is 0 Å². The van der Waals surface area contributed by atoms with Gasteiger partial charge >= 0.3 is 5.97 Å². The van der Waals surface area contributed by atoms with E-state index >= 15 is 0 Å². The van der Waals surface area contributed by atoms with Gasteiger partial charge in [0.2, 0.25) is 0 Å². The fourth-order valence-corrected chi connectivity index (χ4v) is 2.67. The Morgan fingerprint density at radius 2 is 2.00 bits per heavy atom. The maximum Gasteiger partial charge on any atom is 0.306 e. The van der Waals surface area contributed by atoms with E-state index in [9.17, 15) is 9.90 Å². The van der Waals surface area contributed by atoms with Crippen LogP contribution < -0.4 is 0 Å². The number of fused-ring (bicyclic) bond motifs is 1. The van der Waals surface area contributed by atoms with E-state index in [1.807, 2.05) is 37.3 Å². The van der Waals surface area contributed by atoms with Gasteiger partial charge in [-0.3, -0.25) is 9.78 Å². The molecule has 0 saturated carbocycles. The van der Waals surface area contributed by atoms with Crippen LogP contribution in [-0.2, 0) is 11.2 Å². The van der Waals surface area contributed by atoms with Crippen LogP contribution in [-0.4, -0.2) is 16.1 Å². The van der Waals surface area contributed by atoms with Crippen molar-refractivity contribution in [1.82, 2.24) is 4.98 Å². The zero-order valence-electron chi connectivity index (χ0n) is 12.3. The maximum atomic E-state index is 11.4. The lowest BCUT2D eigenvalue weighted by molar-refractivity contribution is -0.142. The van der Waals surface area contributed by atoms with Crippen LogP contribution in [0, 0.1) is 18.8 Å². The Bertz CT molecular complexity index is 619. The lowest BCUT2D eigenvalue weighted by atomic mass is 9.89. The van der Waals surface area contributed by atoms with Gasteiger partial charge in [-0.1, -0.05) is 32.0 Å². The van der Waals surface area contributed by atoms with Gasteiger partial charge in [0.05, 0.1) is 11.4 Å². The lowest BCUT2D eigenvalue weighted by Gasteiger charge is -2.16. The molecule has 2 rings (SSSR count). The number of benzene rings is 1. The van der Waals surface area contributed by atoms with Gasteiger partial charge in [0.1, 0.15) is 0 Å². The van der Waals surface area contributed by atoms with Crippen molar-refractivity contribution in [2.45, 2.75) is 33.6 Å². The summed E-state index contributed by atoms with van der Waals surface area (Å²) in [6, 6.07) is 9.94. The molecule has 0 amide bonds. The highest BCUT2D eigenvalue weighted by molar-refractivity contribution is 5.83. The van der Waals surface area contributed by atoms with Crippen LogP contribution in [0.3, 0.4) is 0 Å². The van der Waals surface area contributed by atoms with Crippen LogP contribution in [0.15, 0.2) is 30.3 Å². The number of hydrogen-bond acceptors (Lipinski definition) is 2. The third-order valence-electron chi connectivity index (χ3n) is 3.50. The normalized spacial score (nSPS) is 12.8. The van der Waals surface area contributed by atoms with E-state index in [-0.39, 0.29) is 5.92 Å². The van der Waals surface area contributed by atoms with Gasteiger partial charge in [0.15, 0.2) is 0 Å². The molecular weight excluding hydrogens is 250 g/mol. The molecular formula is C17H21NO2. The molecule has 1 N–H and O–H groups in total. The van der Waals surface area contributed by atoms with Crippen molar-refractivity contribution in [2.75, 3.05) is 0 Å². The highest BCUT2D eigenvalue weighted by Crippen LogP contribution is 2.24. The number of carboxylic acids is 1. The van der Waals surface area contributed by atoms with E-state index in [0.717, 1.165) is 22.2 Å². The van der Waals surface area contributed by atoms with Crippen LogP contribution in [0.25, 0.3) is 10.9 Å². The molecule has 1 aromatic carbocycles. The van der Waals surface area contributed by atoms with Crippen molar-refractivity contribution >= 4 is 16.9 Å². The molecule has 0 bridgehead atoms. The molecule has 0 radical (unpaired) electrons. The van der Waals surface area contributed by atoms with E-state index in [2.05, 4.69) is 18.8 Å². The number of carbonyl (C=O) groups is 1. The molecule has 0 aliphatic carbocycles. The highest BCUT2D eigenvalue weighted by Gasteiger charge is 2.20. The molecule has 1 atom stereocenters. The van der Waals surface area contributed by atoms with Gasteiger partial charge in [-0.2, -0.15) is 0 Å². The van der Waals surface area contributed by atoms with E-state index in [1.54, 1.807) is 0 Å². The van der Waals surface area contributed by atoms with Crippen molar-refractivity contribution in [3.8, 4) is 0 Å². The predicted octanol–water partition coefficient (Wildman–Crippen LogP) is 3.83. The second-order valence-corrected chi connectivity index (χ2v) is 5.81.